The van der Waals surface area contributed by atoms with Gasteiger partial charge in [0, 0.05) is 12.5 Å². The molecule has 0 saturated heterocycles. The summed E-state index contributed by atoms with van der Waals surface area (Å²) in [4.78, 5) is 52.0. The van der Waals surface area contributed by atoms with E-state index in [1.54, 1.807) is 44.2 Å². The van der Waals surface area contributed by atoms with Crippen LogP contribution in [0.5, 0.6) is 0 Å². The quantitative estimate of drug-likeness (QED) is 0.0538. The Morgan fingerprint density at radius 2 is 1.78 bits per heavy atom. The van der Waals surface area contributed by atoms with E-state index in [2.05, 4.69) is 20.3 Å². The number of hydrogen-bond acceptors (Lipinski definition) is 9. The van der Waals surface area contributed by atoms with Crippen molar-refractivity contribution in [3.8, 4) is 0 Å². The Labute approximate surface area is 267 Å². The highest BCUT2D eigenvalue weighted by atomic mass is 19.1. The average molecular weight is 639 g/mol. The number of ether oxygens (including phenoxy) is 1. The molecule has 0 unspecified atom stereocenters. The Morgan fingerprint density at radius 1 is 1.07 bits per heavy atom. The summed E-state index contributed by atoms with van der Waals surface area (Å²) in [7, 11) is 0. The minimum Gasteiger partial charge on any atom is -0.459 e. The van der Waals surface area contributed by atoms with E-state index in [1.807, 2.05) is 0 Å². The molecule has 0 bridgehead atoms. The van der Waals surface area contributed by atoms with Crippen LogP contribution in [-0.2, 0) is 20.7 Å². The fourth-order valence-electron chi connectivity index (χ4n) is 4.85. The van der Waals surface area contributed by atoms with Gasteiger partial charge < -0.3 is 38.1 Å². The number of benzene rings is 2. The maximum Gasteiger partial charge on any atom is 0.323 e. The average Bonchev–Trinajstić information content (AvgIpc) is 2.99. The molecule has 14 heteroatoms. The Morgan fingerprint density at radius 3 is 2.43 bits per heavy atom. The van der Waals surface area contributed by atoms with Gasteiger partial charge in [-0.15, -0.1) is 0 Å². The second kappa shape index (κ2) is 16.6. The zero-order chi connectivity index (χ0) is 33.9. The second-order valence-electron chi connectivity index (χ2n) is 11.9. The van der Waals surface area contributed by atoms with Crippen LogP contribution in [0, 0.1) is 11.7 Å². The van der Waals surface area contributed by atoms with Crippen LogP contribution in [-0.4, -0.2) is 69.2 Å². The first-order chi connectivity index (χ1) is 21.7. The molecule has 10 N–H and O–H groups in total. The fourth-order valence-corrected chi connectivity index (χ4v) is 4.85. The lowest BCUT2D eigenvalue weighted by atomic mass is 9.87. The van der Waals surface area contributed by atoms with E-state index in [-0.39, 0.29) is 50.3 Å². The minimum absolute atomic E-state index is 0.00191. The number of nitrogens with one attached hydrogen (secondary N) is 1. The van der Waals surface area contributed by atoms with E-state index in [9.17, 15) is 23.9 Å². The van der Waals surface area contributed by atoms with Crippen molar-refractivity contribution in [2.75, 3.05) is 6.54 Å². The normalized spacial score (nSPS) is 14.1. The molecule has 2 aromatic carbocycles. The van der Waals surface area contributed by atoms with E-state index < -0.39 is 53.3 Å². The SMILES string of the molecule is CC(C)(O)CC[C@H](C[C@@H](OC(=O)[C@@H](N)CCCN=C(N)N)[C@H](Cc1cccc(F)c1)NC(=O)c1cnc2ccccc2n1)C(N)=O. The predicted molar refractivity (Wildman–Crippen MR) is 171 cm³/mol. The number of aromatic nitrogens is 2. The highest BCUT2D eigenvalue weighted by Crippen LogP contribution is 2.24. The van der Waals surface area contributed by atoms with Gasteiger partial charge in [-0.1, -0.05) is 24.3 Å². The number of aliphatic hydroxyl groups is 1. The molecule has 2 amide bonds. The van der Waals surface area contributed by atoms with Gasteiger partial charge in [0.25, 0.3) is 5.91 Å². The van der Waals surface area contributed by atoms with Gasteiger partial charge in [0.05, 0.1) is 28.9 Å². The van der Waals surface area contributed by atoms with Gasteiger partial charge >= 0.3 is 5.97 Å². The summed E-state index contributed by atoms with van der Waals surface area (Å²) >= 11 is 0. The third-order valence-corrected chi connectivity index (χ3v) is 7.35. The summed E-state index contributed by atoms with van der Waals surface area (Å²) in [6.07, 6.45) is 1.05. The summed E-state index contributed by atoms with van der Waals surface area (Å²) in [5.41, 5.74) is 23.1. The summed E-state index contributed by atoms with van der Waals surface area (Å²) in [5.74, 6) is -3.54. The molecule has 1 aromatic heterocycles. The molecule has 0 aliphatic rings. The largest absolute Gasteiger partial charge is 0.459 e. The molecule has 0 fully saturated rings. The van der Waals surface area contributed by atoms with Crippen LogP contribution in [0.4, 0.5) is 4.39 Å². The molecule has 0 spiro atoms. The third-order valence-electron chi connectivity index (χ3n) is 7.35. The highest BCUT2D eigenvalue weighted by molar-refractivity contribution is 5.94. The summed E-state index contributed by atoms with van der Waals surface area (Å²) in [5, 5.41) is 13.2. The number of carbonyl (C=O) groups excluding carboxylic acids is 3. The third kappa shape index (κ3) is 11.7. The van der Waals surface area contributed by atoms with Gasteiger partial charge in [-0.05, 0) is 82.2 Å². The predicted octanol–water partition coefficient (Wildman–Crippen LogP) is 1.45. The second-order valence-corrected chi connectivity index (χ2v) is 11.9. The topological polar surface area (TPSA) is 235 Å². The molecule has 0 saturated carbocycles. The number of guanidine groups is 1. The maximum absolute atomic E-state index is 14.2. The number of primary amides is 1. The highest BCUT2D eigenvalue weighted by Gasteiger charge is 2.34. The van der Waals surface area contributed by atoms with Crippen molar-refractivity contribution >= 4 is 34.8 Å². The number of rotatable bonds is 17. The van der Waals surface area contributed by atoms with Crippen LogP contribution in [0.1, 0.15) is 62.0 Å². The van der Waals surface area contributed by atoms with Gasteiger partial charge in [-0.2, -0.15) is 0 Å². The Kier molecular flexibility index (Phi) is 12.9. The molecule has 4 atom stereocenters. The van der Waals surface area contributed by atoms with Crippen molar-refractivity contribution in [3.05, 3.63) is 71.8 Å². The molecular weight excluding hydrogens is 595 g/mol. The molecule has 248 valence electrons. The number of carbonyl (C=O) groups is 3. The van der Waals surface area contributed by atoms with Crippen LogP contribution < -0.4 is 28.3 Å². The van der Waals surface area contributed by atoms with Crippen LogP contribution >= 0.6 is 0 Å². The first kappa shape index (κ1) is 35.8. The number of nitrogens with zero attached hydrogens (tertiary/aromatic N) is 3. The Bertz CT molecular complexity index is 1530. The number of hydrogen-bond donors (Lipinski definition) is 6. The molecule has 13 nitrogen and oxygen atoms in total. The standard InChI is InChI=1S/C32H43FN8O5/c1-32(2,45)13-12-20(28(35)42)17-27(46-30(44)22(34)9-6-14-38-31(36)37)25(16-19-7-5-8-21(33)15-19)41-29(43)26-18-39-23-10-3-4-11-24(23)40-26/h3-5,7-8,10-11,15,18,20,22,25,27,45H,6,9,12-14,16-17,34H2,1-2H3,(H2,35,42)(H,41,43)(H4,36,37,38)/t20-,22+,25+,27-/m1/s1. The number of nitrogens with two attached hydrogens (primary N) is 4. The van der Waals surface area contributed by atoms with Crippen LogP contribution in [0.25, 0.3) is 11.0 Å². The van der Waals surface area contributed by atoms with Crippen LogP contribution in [0.2, 0.25) is 0 Å². The molecule has 46 heavy (non-hydrogen) atoms. The zero-order valence-corrected chi connectivity index (χ0v) is 26.1. The first-order valence-electron chi connectivity index (χ1n) is 15.0. The molecule has 3 aromatic rings. The lowest BCUT2D eigenvalue weighted by Gasteiger charge is -2.31. The molecule has 1 heterocycles. The van der Waals surface area contributed by atoms with E-state index in [4.69, 9.17) is 27.7 Å². The molecule has 0 aliphatic heterocycles. The fraction of sp³-hybridized carbons (Fsp3) is 0.438. The zero-order valence-electron chi connectivity index (χ0n) is 26.1. The lowest BCUT2D eigenvalue weighted by Crippen LogP contribution is -2.50. The van der Waals surface area contributed by atoms with E-state index in [1.165, 1.54) is 24.4 Å². The number of fused-ring (bicyclic) bond motifs is 1. The number of para-hydroxylation sites is 2. The Hall–Kier alpha value is -4.69. The molecular formula is C32H43FN8O5. The molecule has 3 rings (SSSR count). The number of aliphatic imine (C=N–C) groups is 1. The first-order valence-corrected chi connectivity index (χ1v) is 15.0. The summed E-state index contributed by atoms with van der Waals surface area (Å²) in [6, 6.07) is 10.7. The van der Waals surface area contributed by atoms with Crippen molar-refractivity contribution in [2.45, 2.75) is 76.2 Å². The van der Waals surface area contributed by atoms with Crippen molar-refractivity contribution in [1.82, 2.24) is 15.3 Å². The molecule has 0 aliphatic carbocycles. The van der Waals surface area contributed by atoms with Gasteiger partial charge in [-0.3, -0.25) is 24.4 Å². The van der Waals surface area contributed by atoms with Crippen molar-refractivity contribution < 1.29 is 28.6 Å². The van der Waals surface area contributed by atoms with E-state index in [0.717, 1.165) is 0 Å². The van der Waals surface area contributed by atoms with Crippen molar-refractivity contribution in [3.63, 3.8) is 0 Å². The van der Waals surface area contributed by atoms with Crippen LogP contribution in [0.3, 0.4) is 0 Å². The molecule has 0 radical (unpaired) electrons. The maximum atomic E-state index is 14.2. The van der Waals surface area contributed by atoms with Gasteiger partial charge in [0.2, 0.25) is 5.91 Å². The lowest BCUT2D eigenvalue weighted by molar-refractivity contribution is -0.154. The van der Waals surface area contributed by atoms with Gasteiger partial charge in [-0.25, -0.2) is 9.37 Å². The van der Waals surface area contributed by atoms with Crippen LogP contribution in [0.15, 0.2) is 59.7 Å². The number of esters is 1. The van der Waals surface area contributed by atoms with Crippen molar-refractivity contribution in [2.24, 2.45) is 33.8 Å². The van der Waals surface area contributed by atoms with E-state index >= 15 is 0 Å². The van der Waals surface area contributed by atoms with E-state index in [0.29, 0.717) is 23.0 Å². The number of halogens is 1. The van der Waals surface area contributed by atoms with Gasteiger partial charge in [0.1, 0.15) is 23.7 Å². The Balaban J connectivity index is 1.96. The van der Waals surface area contributed by atoms with Gasteiger partial charge in [0.15, 0.2) is 5.96 Å². The number of amides is 2. The monoisotopic (exact) mass is 638 g/mol. The minimum atomic E-state index is -1.14. The smallest absolute Gasteiger partial charge is 0.323 e. The summed E-state index contributed by atoms with van der Waals surface area (Å²) < 4.78 is 20.1. The van der Waals surface area contributed by atoms with Crippen molar-refractivity contribution in [1.29, 1.82) is 0 Å². The summed E-state index contributed by atoms with van der Waals surface area (Å²) in [6.45, 7) is 3.45.